The molecule has 0 heterocycles. The van der Waals surface area contributed by atoms with E-state index in [2.05, 4.69) is 9.47 Å². The van der Waals surface area contributed by atoms with E-state index in [0.29, 0.717) is 0 Å². The molecule has 0 saturated heterocycles. The molecule has 0 aliphatic heterocycles. The van der Waals surface area contributed by atoms with Gasteiger partial charge in [-0.25, -0.2) is 9.59 Å². The Morgan fingerprint density at radius 3 is 2.43 bits per heavy atom. The quantitative estimate of drug-likeness (QED) is 0.282. The number of carbonyl (C=O) groups is 2. The lowest BCUT2D eigenvalue weighted by Gasteiger charge is -2.06. The predicted molar refractivity (Wildman–Crippen MR) is 45.5 cm³/mol. The van der Waals surface area contributed by atoms with E-state index < -0.39 is 23.6 Å². The fraction of sp³-hybridized carbons (Fsp3) is 0.375. The zero-order valence-corrected chi connectivity index (χ0v) is 7.81. The normalized spacial score (nSPS) is 12.5. The van der Waals surface area contributed by atoms with Crippen molar-refractivity contribution in [3.63, 3.8) is 0 Å². The van der Waals surface area contributed by atoms with Crippen molar-refractivity contribution in [2.24, 2.45) is 5.73 Å². The molecule has 0 rings (SSSR count). The number of esters is 2. The van der Waals surface area contributed by atoms with Crippen LogP contribution in [0.15, 0.2) is 11.8 Å². The molecule has 1 atom stereocenters. The van der Waals surface area contributed by atoms with Gasteiger partial charge in [0.15, 0.2) is 11.7 Å². The molecule has 14 heavy (non-hydrogen) atoms. The number of rotatable bonds is 3. The van der Waals surface area contributed by atoms with Crippen molar-refractivity contribution < 1.29 is 19.1 Å². The van der Waals surface area contributed by atoms with E-state index in [0.717, 1.165) is 13.3 Å². The van der Waals surface area contributed by atoms with Crippen molar-refractivity contribution in [2.75, 3.05) is 7.11 Å². The number of nitrogens with zero attached hydrogens (tertiary/aromatic N) is 1. The zero-order chi connectivity index (χ0) is 11.1. The second kappa shape index (κ2) is 5.59. The summed E-state index contributed by atoms with van der Waals surface area (Å²) in [5, 5.41) is 8.34. The SMILES string of the molecule is COC(=O)/C(=C\N)C(=O)OC(C)C#N. The molecule has 0 aliphatic rings. The Morgan fingerprint density at radius 1 is 1.50 bits per heavy atom. The number of methoxy groups -OCH3 is 1. The molecule has 0 spiro atoms. The summed E-state index contributed by atoms with van der Waals surface area (Å²) in [6.07, 6.45) is -0.166. The minimum Gasteiger partial charge on any atom is -0.465 e. The van der Waals surface area contributed by atoms with Gasteiger partial charge < -0.3 is 15.2 Å². The molecular formula is C8H10N2O4. The van der Waals surface area contributed by atoms with Crippen LogP contribution in [0.25, 0.3) is 0 Å². The van der Waals surface area contributed by atoms with E-state index in [-0.39, 0.29) is 0 Å². The highest BCUT2D eigenvalue weighted by atomic mass is 16.6. The Kier molecular flexibility index (Phi) is 4.78. The number of hydrogen-bond acceptors (Lipinski definition) is 6. The van der Waals surface area contributed by atoms with Crippen LogP contribution >= 0.6 is 0 Å². The van der Waals surface area contributed by atoms with Crippen LogP contribution in [0.5, 0.6) is 0 Å². The van der Waals surface area contributed by atoms with Crippen molar-refractivity contribution in [1.29, 1.82) is 5.26 Å². The Balaban J connectivity index is 4.52. The molecule has 0 aromatic heterocycles. The lowest BCUT2D eigenvalue weighted by Crippen LogP contribution is -2.21. The molecule has 1 unspecified atom stereocenters. The van der Waals surface area contributed by atoms with Gasteiger partial charge in [-0.1, -0.05) is 0 Å². The fourth-order valence-corrected chi connectivity index (χ4v) is 0.580. The Morgan fingerprint density at radius 2 is 2.07 bits per heavy atom. The topological polar surface area (TPSA) is 102 Å². The molecule has 0 aromatic rings. The standard InChI is InChI=1S/C8H10N2O4/c1-5(3-9)14-8(12)6(4-10)7(11)13-2/h4-5H,10H2,1-2H3/b6-4+. The third-order valence-corrected chi connectivity index (χ3v) is 1.26. The fourth-order valence-electron chi connectivity index (χ4n) is 0.580. The van der Waals surface area contributed by atoms with E-state index in [4.69, 9.17) is 11.0 Å². The van der Waals surface area contributed by atoms with Crippen LogP contribution in [-0.2, 0) is 19.1 Å². The molecule has 0 bridgehead atoms. The van der Waals surface area contributed by atoms with E-state index in [1.165, 1.54) is 6.92 Å². The minimum absolute atomic E-state index is 0.436. The molecule has 76 valence electrons. The van der Waals surface area contributed by atoms with Gasteiger partial charge in [0.2, 0.25) is 0 Å². The van der Waals surface area contributed by atoms with Crippen molar-refractivity contribution >= 4 is 11.9 Å². The molecule has 0 aliphatic carbocycles. The molecule has 0 radical (unpaired) electrons. The maximum atomic E-state index is 11.1. The summed E-state index contributed by atoms with van der Waals surface area (Å²) in [5.41, 5.74) is 4.59. The van der Waals surface area contributed by atoms with E-state index in [9.17, 15) is 9.59 Å². The van der Waals surface area contributed by atoms with Gasteiger partial charge in [-0.2, -0.15) is 5.26 Å². The first-order valence-corrected chi connectivity index (χ1v) is 3.67. The monoisotopic (exact) mass is 198 g/mol. The van der Waals surface area contributed by atoms with Gasteiger partial charge in [0.25, 0.3) is 0 Å². The molecular weight excluding hydrogens is 188 g/mol. The third-order valence-electron chi connectivity index (χ3n) is 1.26. The van der Waals surface area contributed by atoms with Crippen LogP contribution in [0.2, 0.25) is 0 Å². The first kappa shape index (κ1) is 12.0. The minimum atomic E-state index is -0.978. The Labute approximate surface area is 80.9 Å². The molecule has 0 aromatic carbocycles. The highest BCUT2D eigenvalue weighted by molar-refractivity contribution is 6.13. The Hall–Kier alpha value is -2.03. The van der Waals surface area contributed by atoms with Gasteiger partial charge in [-0.3, -0.25) is 0 Å². The van der Waals surface area contributed by atoms with Gasteiger partial charge in [0.05, 0.1) is 7.11 Å². The number of carbonyl (C=O) groups excluding carboxylic acids is 2. The van der Waals surface area contributed by atoms with Gasteiger partial charge in [0.1, 0.15) is 6.07 Å². The van der Waals surface area contributed by atoms with Crippen LogP contribution in [0.1, 0.15) is 6.92 Å². The largest absolute Gasteiger partial charge is 0.465 e. The van der Waals surface area contributed by atoms with Crippen molar-refractivity contribution in [3.05, 3.63) is 11.8 Å². The first-order valence-electron chi connectivity index (χ1n) is 3.67. The maximum Gasteiger partial charge on any atom is 0.348 e. The molecule has 2 N–H and O–H groups in total. The average molecular weight is 198 g/mol. The average Bonchev–Trinajstić information content (AvgIpc) is 2.18. The summed E-state index contributed by atoms with van der Waals surface area (Å²) in [7, 11) is 1.10. The van der Waals surface area contributed by atoms with Crippen molar-refractivity contribution in [3.8, 4) is 6.07 Å². The number of nitriles is 1. The highest BCUT2D eigenvalue weighted by Gasteiger charge is 2.21. The van der Waals surface area contributed by atoms with Crippen LogP contribution in [0, 0.1) is 11.3 Å². The van der Waals surface area contributed by atoms with E-state index in [1.807, 2.05) is 0 Å². The zero-order valence-electron chi connectivity index (χ0n) is 7.81. The molecule has 0 fully saturated rings. The molecule has 6 nitrogen and oxygen atoms in total. The van der Waals surface area contributed by atoms with Crippen LogP contribution in [0.3, 0.4) is 0 Å². The van der Waals surface area contributed by atoms with Crippen LogP contribution < -0.4 is 5.73 Å². The van der Waals surface area contributed by atoms with Crippen molar-refractivity contribution in [2.45, 2.75) is 13.0 Å². The first-order chi connectivity index (χ1) is 6.56. The van der Waals surface area contributed by atoms with Crippen molar-refractivity contribution in [1.82, 2.24) is 0 Å². The molecule has 6 heteroatoms. The highest BCUT2D eigenvalue weighted by Crippen LogP contribution is 2.01. The molecule has 0 saturated carbocycles. The van der Waals surface area contributed by atoms with E-state index >= 15 is 0 Å². The summed E-state index contributed by atoms with van der Waals surface area (Å²) >= 11 is 0. The summed E-state index contributed by atoms with van der Waals surface area (Å²) < 4.78 is 8.79. The van der Waals surface area contributed by atoms with Gasteiger partial charge in [-0.15, -0.1) is 0 Å². The van der Waals surface area contributed by atoms with Gasteiger partial charge >= 0.3 is 11.9 Å². The summed E-state index contributed by atoms with van der Waals surface area (Å²) in [4.78, 5) is 22.0. The maximum absolute atomic E-state index is 11.1. The lowest BCUT2D eigenvalue weighted by atomic mass is 10.3. The summed E-state index contributed by atoms with van der Waals surface area (Å²) in [6, 6.07) is 1.67. The van der Waals surface area contributed by atoms with Gasteiger partial charge in [0, 0.05) is 6.20 Å². The predicted octanol–water partition coefficient (Wildman–Crippen LogP) is -0.543. The summed E-state index contributed by atoms with van der Waals surface area (Å²) in [5.74, 6) is -1.88. The summed E-state index contributed by atoms with van der Waals surface area (Å²) in [6.45, 7) is 1.36. The Bertz CT molecular complexity index is 303. The second-order valence-corrected chi connectivity index (χ2v) is 2.25. The van der Waals surface area contributed by atoms with Gasteiger partial charge in [-0.05, 0) is 6.92 Å². The smallest absolute Gasteiger partial charge is 0.348 e. The third kappa shape index (κ3) is 3.15. The van der Waals surface area contributed by atoms with Crippen LogP contribution in [0.4, 0.5) is 0 Å². The van der Waals surface area contributed by atoms with Crippen LogP contribution in [-0.4, -0.2) is 25.2 Å². The number of ether oxygens (including phenoxy) is 2. The second-order valence-electron chi connectivity index (χ2n) is 2.25. The number of nitrogens with two attached hydrogens (primary N) is 1. The molecule has 0 amide bonds. The number of hydrogen-bond donors (Lipinski definition) is 1. The van der Waals surface area contributed by atoms with E-state index in [1.54, 1.807) is 6.07 Å². The lowest BCUT2D eigenvalue weighted by molar-refractivity contribution is -0.147.